The predicted molar refractivity (Wildman–Crippen MR) is 72.0 cm³/mol. The second kappa shape index (κ2) is 8.51. The topological polar surface area (TPSA) is 32.3 Å². The fourth-order valence-corrected chi connectivity index (χ4v) is 2.35. The predicted octanol–water partition coefficient (Wildman–Crippen LogP) is 2.41. The van der Waals surface area contributed by atoms with Crippen LogP contribution in [-0.4, -0.2) is 37.0 Å². The molecule has 0 saturated carbocycles. The van der Waals surface area contributed by atoms with E-state index in [-0.39, 0.29) is 5.92 Å². The molecule has 0 bridgehead atoms. The molecule has 1 saturated heterocycles. The molecule has 0 unspecified atom stereocenters. The smallest absolute Gasteiger partial charge is 0.226 e. The van der Waals surface area contributed by atoms with E-state index in [1.54, 1.807) is 0 Å². The summed E-state index contributed by atoms with van der Waals surface area (Å²) in [6.07, 6.45) is 6.81. The highest BCUT2D eigenvalue weighted by molar-refractivity contribution is 5.79. The Morgan fingerprint density at radius 3 is 2.35 bits per heavy atom. The van der Waals surface area contributed by atoms with Crippen molar-refractivity contribution in [2.75, 3.05) is 26.2 Å². The minimum atomic E-state index is 0.234. The van der Waals surface area contributed by atoms with E-state index >= 15 is 0 Å². The van der Waals surface area contributed by atoms with Gasteiger partial charge in [-0.2, -0.15) is 0 Å². The summed E-state index contributed by atoms with van der Waals surface area (Å²) in [7, 11) is 0. The maximum absolute atomic E-state index is 12.4. The quantitative estimate of drug-likeness (QED) is 0.741. The average molecular weight is 240 g/mol. The van der Waals surface area contributed by atoms with Crippen LogP contribution in [-0.2, 0) is 4.79 Å². The van der Waals surface area contributed by atoms with Gasteiger partial charge in [-0.3, -0.25) is 4.79 Å². The third-order valence-electron chi connectivity index (χ3n) is 3.52. The van der Waals surface area contributed by atoms with Crippen LogP contribution in [0.25, 0.3) is 0 Å². The van der Waals surface area contributed by atoms with Crippen molar-refractivity contribution in [2.24, 2.45) is 5.92 Å². The van der Waals surface area contributed by atoms with E-state index in [0.29, 0.717) is 5.91 Å². The lowest BCUT2D eigenvalue weighted by Crippen LogP contribution is -2.43. The summed E-state index contributed by atoms with van der Waals surface area (Å²) in [5.74, 6) is 0.622. The lowest BCUT2D eigenvalue weighted by Gasteiger charge is -2.29. The Hall–Kier alpha value is -0.570. The minimum Gasteiger partial charge on any atom is -0.342 e. The van der Waals surface area contributed by atoms with Crippen LogP contribution < -0.4 is 5.32 Å². The molecule has 0 aliphatic carbocycles. The number of rotatable bonds is 7. The van der Waals surface area contributed by atoms with Gasteiger partial charge in [0.05, 0.1) is 5.92 Å². The van der Waals surface area contributed by atoms with Crippen LogP contribution >= 0.6 is 0 Å². The van der Waals surface area contributed by atoms with Crippen molar-refractivity contribution >= 4 is 5.91 Å². The molecule has 17 heavy (non-hydrogen) atoms. The Bertz CT molecular complexity index is 204. The van der Waals surface area contributed by atoms with Crippen molar-refractivity contribution in [1.82, 2.24) is 10.2 Å². The molecule has 0 spiro atoms. The summed E-state index contributed by atoms with van der Waals surface area (Å²) in [4.78, 5) is 14.5. The second-order valence-electron chi connectivity index (χ2n) is 5.08. The van der Waals surface area contributed by atoms with Gasteiger partial charge in [0.25, 0.3) is 0 Å². The number of hydrogen-bond acceptors (Lipinski definition) is 2. The molecule has 0 aromatic carbocycles. The van der Waals surface area contributed by atoms with Gasteiger partial charge < -0.3 is 10.2 Å². The first-order chi connectivity index (χ1) is 8.29. The number of unbranched alkanes of at least 4 members (excludes halogenated alkanes) is 2. The fourth-order valence-electron chi connectivity index (χ4n) is 2.35. The Morgan fingerprint density at radius 2 is 1.88 bits per heavy atom. The summed E-state index contributed by atoms with van der Waals surface area (Å²) in [5.41, 5.74) is 0. The first-order valence-electron chi connectivity index (χ1n) is 7.29. The Labute approximate surface area is 106 Å². The van der Waals surface area contributed by atoms with Gasteiger partial charge in [0.2, 0.25) is 5.91 Å². The highest BCUT2D eigenvalue weighted by Crippen LogP contribution is 2.14. The van der Waals surface area contributed by atoms with Gasteiger partial charge in [-0.15, -0.1) is 0 Å². The number of amides is 1. The molecular formula is C14H28N2O. The third-order valence-corrected chi connectivity index (χ3v) is 3.52. The molecule has 0 aromatic rings. The van der Waals surface area contributed by atoms with E-state index in [4.69, 9.17) is 0 Å². The summed E-state index contributed by atoms with van der Waals surface area (Å²) in [6.45, 7) is 8.23. The summed E-state index contributed by atoms with van der Waals surface area (Å²) in [5, 5.41) is 3.34. The summed E-state index contributed by atoms with van der Waals surface area (Å²) >= 11 is 0. The van der Waals surface area contributed by atoms with Crippen molar-refractivity contribution in [3.63, 3.8) is 0 Å². The molecular weight excluding hydrogens is 212 g/mol. The number of carbonyl (C=O) groups is 1. The number of nitrogens with zero attached hydrogens (tertiary/aromatic N) is 1. The zero-order valence-corrected chi connectivity index (χ0v) is 11.5. The van der Waals surface area contributed by atoms with Crippen molar-refractivity contribution in [1.29, 1.82) is 0 Å². The van der Waals surface area contributed by atoms with Gasteiger partial charge in [0.15, 0.2) is 0 Å². The van der Waals surface area contributed by atoms with Crippen molar-refractivity contribution in [3.05, 3.63) is 0 Å². The molecule has 100 valence electrons. The molecule has 0 aromatic heterocycles. The molecule has 3 nitrogen and oxygen atoms in total. The molecule has 1 aliphatic rings. The lowest BCUT2D eigenvalue weighted by atomic mass is 9.98. The van der Waals surface area contributed by atoms with Gasteiger partial charge in [0, 0.05) is 19.6 Å². The van der Waals surface area contributed by atoms with E-state index in [9.17, 15) is 4.79 Å². The van der Waals surface area contributed by atoms with Gasteiger partial charge in [-0.05, 0) is 32.2 Å². The van der Waals surface area contributed by atoms with E-state index in [2.05, 4.69) is 24.1 Å². The highest BCUT2D eigenvalue weighted by Gasteiger charge is 2.25. The van der Waals surface area contributed by atoms with Crippen LogP contribution in [0.2, 0.25) is 0 Å². The number of nitrogens with one attached hydrogen (secondary N) is 1. The van der Waals surface area contributed by atoms with E-state index < -0.39 is 0 Å². The average Bonchev–Trinajstić information content (AvgIpc) is 2.39. The van der Waals surface area contributed by atoms with Crippen molar-refractivity contribution in [2.45, 2.75) is 52.4 Å². The molecule has 1 aliphatic heterocycles. The van der Waals surface area contributed by atoms with Crippen LogP contribution in [0.1, 0.15) is 52.4 Å². The zero-order valence-electron chi connectivity index (χ0n) is 11.5. The molecule has 1 rings (SSSR count). The van der Waals surface area contributed by atoms with Crippen LogP contribution in [0.4, 0.5) is 0 Å². The highest BCUT2D eigenvalue weighted by atomic mass is 16.2. The first-order valence-corrected chi connectivity index (χ1v) is 7.29. The van der Waals surface area contributed by atoms with Gasteiger partial charge >= 0.3 is 0 Å². The van der Waals surface area contributed by atoms with E-state index in [1.807, 2.05) is 0 Å². The second-order valence-corrected chi connectivity index (χ2v) is 5.08. The largest absolute Gasteiger partial charge is 0.342 e. The zero-order chi connectivity index (χ0) is 12.5. The van der Waals surface area contributed by atoms with E-state index in [0.717, 1.165) is 51.9 Å². The summed E-state index contributed by atoms with van der Waals surface area (Å²) < 4.78 is 0. The maximum atomic E-state index is 12.4. The SMILES string of the molecule is CCCCN(CCCC)C(=O)[C@H]1CCCNC1. The normalized spacial score (nSPS) is 20.2. The maximum Gasteiger partial charge on any atom is 0.226 e. The van der Waals surface area contributed by atoms with Crippen LogP contribution in [0.15, 0.2) is 0 Å². The van der Waals surface area contributed by atoms with Crippen LogP contribution in [0.3, 0.4) is 0 Å². The van der Waals surface area contributed by atoms with Crippen molar-refractivity contribution in [3.8, 4) is 0 Å². The summed E-state index contributed by atoms with van der Waals surface area (Å²) in [6, 6.07) is 0. The Kier molecular flexibility index (Phi) is 7.25. The third kappa shape index (κ3) is 5.07. The molecule has 1 N–H and O–H groups in total. The molecule has 1 atom stereocenters. The molecule has 1 fully saturated rings. The molecule has 0 radical (unpaired) electrons. The number of carbonyl (C=O) groups excluding carboxylic acids is 1. The van der Waals surface area contributed by atoms with Gasteiger partial charge in [-0.1, -0.05) is 26.7 Å². The Morgan fingerprint density at radius 1 is 1.24 bits per heavy atom. The number of hydrogen-bond donors (Lipinski definition) is 1. The monoisotopic (exact) mass is 240 g/mol. The van der Waals surface area contributed by atoms with Crippen LogP contribution in [0, 0.1) is 5.92 Å². The first kappa shape index (κ1) is 14.5. The van der Waals surface area contributed by atoms with Gasteiger partial charge in [-0.25, -0.2) is 0 Å². The minimum absolute atomic E-state index is 0.234. The number of piperidine rings is 1. The van der Waals surface area contributed by atoms with Crippen LogP contribution in [0.5, 0.6) is 0 Å². The molecule has 1 amide bonds. The molecule has 3 heteroatoms. The fraction of sp³-hybridized carbons (Fsp3) is 0.929. The van der Waals surface area contributed by atoms with Gasteiger partial charge in [0.1, 0.15) is 0 Å². The Balaban J connectivity index is 2.44. The lowest BCUT2D eigenvalue weighted by molar-refractivity contribution is -0.136. The standard InChI is InChI=1S/C14H28N2O/c1-3-5-10-16(11-6-4-2)14(17)13-8-7-9-15-12-13/h13,15H,3-12H2,1-2H3/t13-/m0/s1. The molecule has 1 heterocycles. The van der Waals surface area contributed by atoms with Crippen molar-refractivity contribution < 1.29 is 4.79 Å². The van der Waals surface area contributed by atoms with E-state index in [1.165, 1.54) is 12.8 Å².